The highest BCUT2D eigenvalue weighted by atomic mass is 16.4. The molecule has 0 amide bonds. The summed E-state index contributed by atoms with van der Waals surface area (Å²) in [7, 11) is 0. The first-order chi connectivity index (χ1) is 6.77. The fourth-order valence-corrected chi connectivity index (χ4v) is 1.40. The molecule has 1 N–H and O–H groups in total. The number of hydrogen-bond acceptors (Lipinski definition) is 2. The maximum absolute atomic E-state index is 10.8. The molecule has 0 atom stereocenters. The highest BCUT2D eigenvalue weighted by Crippen LogP contribution is 2.23. The number of aliphatic carboxylic acids is 1. The molecule has 3 heteroatoms. The van der Waals surface area contributed by atoms with E-state index < -0.39 is 5.97 Å². The van der Waals surface area contributed by atoms with Crippen molar-refractivity contribution in [2.45, 2.75) is 6.42 Å². The summed E-state index contributed by atoms with van der Waals surface area (Å²) >= 11 is 0. The predicted octanol–water partition coefficient (Wildman–Crippen LogP) is 1.96. The molecule has 0 radical (unpaired) electrons. The SMILES string of the molecule is O=C(O)C1=CC=Nc2ccccc2C1. The van der Waals surface area contributed by atoms with Gasteiger partial charge >= 0.3 is 5.97 Å². The molecule has 14 heavy (non-hydrogen) atoms. The summed E-state index contributed by atoms with van der Waals surface area (Å²) in [6, 6.07) is 7.56. The van der Waals surface area contributed by atoms with E-state index >= 15 is 0 Å². The molecule has 1 heterocycles. The number of hydrogen-bond donors (Lipinski definition) is 1. The van der Waals surface area contributed by atoms with E-state index in [-0.39, 0.29) is 0 Å². The van der Waals surface area contributed by atoms with Crippen molar-refractivity contribution in [3.05, 3.63) is 41.5 Å². The number of nitrogens with zero attached hydrogens (tertiary/aromatic N) is 1. The number of carbonyl (C=O) groups is 1. The normalized spacial score (nSPS) is 14.1. The molecule has 3 nitrogen and oxygen atoms in total. The number of allylic oxidation sites excluding steroid dienone is 1. The van der Waals surface area contributed by atoms with E-state index in [2.05, 4.69) is 4.99 Å². The molecule has 0 saturated heterocycles. The Hall–Kier alpha value is -1.90. The Labute approximate surface area is 81.4 Å². The van der Waals surface area contributed by atoms with Crippen molar-refractivity contribution in [1.82, 2.24) is 0 Å². The second-order valence-electron chi connectivity index (χ2n) is 3.08. The van der Waals surface area contributed by atoms with E-state index in [1.165, 1.54) is 6.21 Å². The van der Waals surface area contributed by atoms with Crippen LogP contribution >= 0.6 is 0 Å². The van der Waals surface area contributed by atoms with Gasteiger partial charge in [0.1, 0.15) is 0 Å². The van der Waals surface area contributed by atoms with Crippen LogP contribution in [0, 0.1) is 0 Å². The van der Waals surface area contributed by atoms with Crippen molar-refractivity contribution in [1.29, 1.82) is 0 Å². The van der Waals surface area contributed by atoms with Crippen LogP contribution in [0.2, 0.25) is 0 Å². The molecule has 2 rings (SSSR count). The first-order valence-electron chi connectivity index (χ1n) is 4.32. The zero-order valence-electron chi connectivity index (χ0n) is 7.47. The van der Waals surface area contributed by atoms with Gasteiger partial charge in [0.05, 0.1) is 5.69 Å². The monoisotopic (exact) mass is 187 g/mol. The third kappa shape index (κ3) is 1.57. The smallest absolute Gasteiger partial charge is 0.331 e. The second-order valence-corrected chi connectivity index (χ2v) is 3.08. The molecule has 0 unspecified atom stereocenters. The molecule has 70 valence electrons. The third-order valence-electron chi connectivity index (χ3n) is 2.14. The number of fused-ring (bicyclic) bond motifs is 1. The summed E-state index contributed by atoms with van der Waals surface area (Å²) in [5, 5.41) is 8.86. The summed E-state index contributed by atoms with van der Waals surface area (Å²) in [6.45, 7) is 0. The second kappa shape index (κ2) is 3.46. The van der Waals surface area contributed by atoms with Crippen LogP contribution in [0.3, 0.4) is 0 Å². The lowest BCUT2D eigenvalue weighted by Crippen LogP contribution is -2.03. The van der Waals surface area contributed by atoms with Crippen LogP contribution in [0.5, 0.6) is 0 Å². The molecule has 1 aromatic carbocycles. The summed E-state index contributed by atoms with van der Waals surface area (Å²) in [6.07, 6.45) is 3.52. The Morgan fingerprint density at radius 2 is 2.14 bits per heavy atom. The number of carboxylic acid groups (broad SMARTS) is 1. The summed E-state index contributed by atoms with van der Waals surface area (Å²) in [4.78, 5) is 14.9. The number of carboxylic acids is 1. The Morgan fingerprint density at radius 1 is 1.36 bits per heavy atom. The van der Waals surface area contributed by atoms with Crippen LogP contribution in [-0.2, 0) is 11.2 Å². The van der Waals surface area contributed by atoms with Crippen molar-refractivity contribution >= 4 is 17.9 Å². The molecule has 0 bridgehead atoms. The summed E-state index contributed by atoms with van der Waals surface area (Å²) < 4.78 is 0. The van der Waals surface area contributed by atoms with Crippen molar-refractivity contribution in [3.8, 4) is 0 Å². The van der Waals surface area contributed by atoms with Gasteiger partial charge in [-0.3, -0.25) is 4.99 Å². The van der Waals surface area contributed by atoms with Gasteiger partial charge in [0.15, 0.2) is 0 Å². The average Bonchev–Trinajstić information content (AvgIpc) is 2.39. The molecule has 1 aromatic rings. The lowest BCUT2D eigenvalue weighted by atomic mass is 10.0. The minimum atomic E-state index is -0.881. The zero-order chi connectivity index (χ0) is 9.97. The highest BCUT2D eigenvalue weighted by Gasteiger charge is 2.11. The molecule has 0 aromatic heterocycles. The van der Waals surface area contributed by atoms with Crippen molar-refractivity contribution in [2.75, 3.05) is 0 Å². The third-order valence-corrected chi connectivity index (χ3v) is 2.14. The van der Waals surface area contributed by atoms with Crippen molar-refractivity contribution in [3.63, 3.8) is 0 Å². The maximum atomic E-state index is 10.8. The average molecular weight is 187 g/mol. The first-order valence-corrected chi connectivity index (χ1v) is 4.32. The lowest BCUT2D eigenvalue weighted by molar-refractivity contribution is -0.132. The Bertz CT molecular complexity index is 433. The van der Waals surface area contributed by atoms with Gasteiger partial charge in [-0.2, -0.15) is 0 Å². The lowest BCUT2D eigenvalue weighted by Gasteiger charge is -2.02. The topological polar surface area (TPSA) is 49.7 Å². The molecule has 1 aliphatic heterocycles. The summed E-state index contributed by atoms with van der Waals surface area (Å²) in [5.74, 6) is -0.881. The first kappa shape index (κ1) is 8.69. The molecule has 0 spiro atoms. The number of rotatable bonds is 1. The van der Waals surface area contributed by atoms with Crippen LogP contribution < -0.4 is 0 Å². The largest absolute Gasteiger partial charge is 0.478 e. The van der Waals surface area contributed by atoms with E-state index in [0.717, 1.165) is 11.3 Å². The number of benzene rings is 1. The van der Waals surface area contributed by atoms with Gasteiger partial charge in [-0.1, -0.05) is 18.2 Å². The molecular formula is C11H9NO2. The Balaban J connectivity index is 2.42. The predicted molar refractivity (Wildman–Crippen MR) is 54.0 cm³/mol. The highest BCUT2D eigenvalue weighted by molar-refractivity contribution is 5.94. The van der Waals surface area contributed by atoms with Crippen molar-refractivity contribution in [2.24, 2.45) is 4.99 Å². The Kier molecular flexibility index (Phi) is 2.14. The van der Waals surface area contributed by atoms with Crippen LogP contribution in [0.1, 0.15) is 5.56 Å². The van der Waals surface area contributed by atoms with Gasteiger partial charge in [0, 0.05) is 18.2 Å². The zero-order valence-corrected chi connectivity index (χ0v) is 7.47. The Morgan fingerprint density at radius 3 is 2.93 bits per heavy atom. The van der Waals surface area contributed by atoms with E-state index in [4.69, 9.17) is 5.11 Å². The standard InChI is InChI=1S/C11H9NO2/c13-11(14)9-5-6-12-10-4-2-1-3-8(10)7-9/h1-6H,7H2,(H,13,14). The quantitative estimate of drug-likeness (QED) is 0.730. The molecule has 0 fully saturated rings. The van der Waals surface area contributed by atoms with E-state index in [9.17, 15) is 4.79 Å². The maximum Gasteiger partial charge on any atom is 0.331 e. The van der Waals surface area contributed by atoms with Crippen molar-refractivity contribution < 1.29 is 9.90 Å². The molecule has 1 aliphatic rings. The van der Waals surface area contributed by atoms with Crippen LogP contribution in [0.4, 0.5) is 5.69 Å². The van der Waals surface area contributed by atoms with Gasteiger partial charge in [-0.15, -0.1) is 0 Å². The van der Waals surface area contributed by atoms with E-state index in [0.29, 0.717) is 12.0 Å². The van der Waals surface area contributed by atoms with Crippen LogP contribution in [0.25, 0.3) is 0 Å². The minimum absolute atomic E-state index is 0.374. The number of para-hydroxylation sites is 1. The fourth-order valence-electron chi connectivity index (χ4n) is 1.40. The summed E-state index contributed by atoms with van der Waals surface area (Å²) in [5.41, 5.74) is 2.17. The molecule has 0 aliphatic carbocycles. The van der Waals surface area contributed by atoms with Gasteiger partial charge in [-0.25, -0.2) is 4.79 Å². The molecular weight excluding hydrogens is 178 g/mol. The van der Waals surface area contributed by atoms with E-state index in [1.54, 1.807) is 6.08 Å². The van der Waals surface area contributed by atoms with Crippen LogP contribution in [0.15, 0.2) is 40.9 Å². The van der Waals surface area contributed by atoms with E-state index in [1.807, 2.05) is 24.3 Å². The molecule has 0 saturated carbocycles. The fraction of sp³-hybridized carbons (Fsp3) is 0.0909. The van der Waals surface area contributed by atoms with Gasteiger partial charge in [0.25, 0.3) is 0 Å². The minimum Gasteiger partial charge on any atom is -0.478 e. The van der Waals surface area contributed by atoms with Gasteiger partial charge < -0.3 is 5.11 Å². The van der Waals surface area contributed by atoms with Gasteiger partial charge in [-0.05, 0) is 17.7 Å². The van der Waals surface area contributed by atoms with Gasteiger partial charge in [0.2, 0.25) is 0 Å². The van der Waals surface area contributed by atoms with Crippen LogP contribution in [-0.4, -0.2) is 17.3 Å². The number of aliphatic imine (C=N–C) groups is 1.